The van der Waals surface area contributed by atoms with E-state index in [2.05, 4.69) is 32.3 Å². The molecular weight excluding hydrogens is 420 g/mol. The van der Waals surface area contributed by atoms with Gasteiger partial charge in [0.25, 0.3) is 0 Å². The lowest BCUT2D eigenvalue weighted by Gasteiger charge is -2.41. The van der Waals surface area contributed by atoms with Crippen LogP contribution in [0.2, 0.25) is 0 Å². The van der Waals surface area contributed by atoms with Crippen molar-refractivity contribution in [3.8, 4) is 5.75 Å². The van der Waals surface area contributed by atoms with Gasteiger partial charge in [0.2, 0.25) is 5.91 Å². The lowest BCUT2D eigenvalue weighted by atomic mass is 9.75. The Bertz CT molecular complexity index is 845. The summed E-state index contributed by atoms with van der Waals surface area (Å²) in [5, 5.41) is 9.75. The molecule has 33 heavy (non-hydrogen) atoms. The van der Waals surface area contributed by atoms with Crippen molar-refractivity contribution >= 4 is 11.9 Å². The maximum absolute atomic E-state index is 13.5. The Balaban J connectivity index is 1.72. The lowest BCUT2D eigenvalue weighted by Crippen LogP contribution is -2.48. The van der Waals surface area contributed by atoms with E-state index in [0.29, 0.717) is 18.5 Å². The van der Waals surface area contributed by atoms with Crippen LogP contribution in [0.25, 0.3) is 0 Å². The number of hydrogen-bond acceptors (Lipinski definition) is 5. The van der Waals surface area contributed by atoms with Crippen LogP contribution in [0.3, 0.4) is 0 Å². The summed E-state index contributed by atoms with van der Waals surface area (Å²) in [6.07, 6.45) is 0.510. The maximum atomic E-state index is 13.5. The molecule has 3 atom stereocenters. The number of ether oxygens (including phenoxy) is 2. The molecule has 1 aromatic rings. The van der Waals surface area contributed by atoms with Gasteiger partial charge in [-0.2, -0.15) is 0 Å². The summed E-state index contributed by atoms with van der Waals surface area (Å²) in [5.74, 6) is -0.933. The molecule has 3 unspecified atom stereocenters. The number of aliphatic carboxylic acids is 1. The van der Waals surface area contributed by atoms with Gasteiger partial charge in [0.15, 0.2) is 0 Å². The molecule has 2 aliphatic rings. The van der Waals surface area contributed by atoms with E-state index in [1.54, 1.807) is 12.0 Å². The number of amides is 1. The van der Waals surface area contributed by atoms with Crippen LogP contribution < -0.4 is 4.74 Å². The number of carboxylic acids is 1. The average molecular weight is 459 g/mol. The van der Waals surface area contributed by atoms with Gasteiger partial charge >= 0.3 is 5.97 Å². The quantitative estimate of drug-likeness (QED) is 0.603. The minimum atomic E-state index is -0.864. The van der Waals surface area contributed by atoms with Gasteiger partial charge in [0, 0.05) is 44.2 Å². The number of carbonyl (C=O) groups excluding carboxylic acids is 1. The van der Waals surface area contributed by atoms with Gasteiger partial charge in [-0.1, -0.05) is 39.5 Å². The Kier molecular flexibility index (Phi) is 8.19. The van der Waals surface area contributed by atoms with Crippen LogP contribution in [0.4, 0.5) is 0 Å². The fraction of sp³-hybridized carbons (Fsp3) is 0.615. The highest BCUT2D eigenvalue weighted by atomic mass is 16.5. The second-order valence-corrected chi connectivity index (χ2v) is 10.1. The highest BCUT2D eigenvalue weighted by Crippen LogP contribution is 2.36. The zero-order valence-electron chi connectivity index (χ0n) is 20.4. The third-order valence-electron chi connectivity index (χ3n) is 7.38. The number of rotatable bonds is 8. The number of hydrogen-bond donors (Lipinski definition) is 1. The van der Waals surface area contributed by atoms with Gasteiger partial charge in [0.05, 0.1) is 26.2 Å². The molecule has 2 saturated heterocycles. The van der Waals surface area contributed by atoms with E-state index in [1.807, 2.05) is 24.3 Å². The number of piperidine rings is 1. The monoisotopic (exact) mass is 458 g/mol. The van der Waals surface area contributed by atoms with Gasteiger partial charge in [-0.15, -0.1) is 0 Å². The molecule has 0 aromatic heterocycles. The molecule has 0 radical (unpaired) electrons. The molecule has 1 N–H and O–H groups in total. The van der Waals surface area contributed by atoms with Crippen molar-refractivity contribution in [2.45, 2.75) is 33.1 Å². The Morgan fingerprint density at radius 3 is 2.42 bits per heavy atom. The SMILES string of the molecule is C=C(C(=O)N1CC(C(=O)O)CC(c2ccc(OC)cc2)C1)C(C)C(C)(C)CN1CCOCC1. The van der Waals surface area contributed by atoms with Gasteiger partial charge in [-0.3, -0.25) is 14.5 Å². The molecule has 0 saturated carbocycles. The first-order valence-corrected chi connectivity index (χ1v) is 11.8. The molecular formula is C26H38N2O5. The molecule has 7 nitrogen and oxygen atoms in total. The second-order valence-electron chi connectivity index (χ2n) is 10.1. The number of likely N-dealkylation sites (tertiary alicyclic amines) is 1. The summed E-state index contributed by atoms with van der Waals surface area (Å²) in [6, 6.07) is 7.67. The smallest absolute Gasteiger partial charge is 0.308 e. The topological polar surface area (TPSA) is 79.3 Å². The Labute approximate surface area is 197 Å². The molecule has 0 aliphatic carbocycles. The number of morpholine rings is 1. The van der Waals surface area contributed by atoms with Crippen molar-refractivity contribution in [3.63, 3.8) is 0 Å². The predicted octanol–water partition coefficient (Wildman–Crippen LogP) is 3.26. The average Bonchev–Trinajstić information content (AvgIpc) is 2.82. The Morgan fingerprint density at radius 1 is 1.21 bits per heavy atom. The van der Waals surface area contributed by atoms with E-state index in [-0.39, 0.29) is 29.7 Å². The summed E-state index contributed by atoms with van der Waals surface area (Å²) < 4.78 is 10.7. The molecule has 182 valence electrons. The molecule has 2 aliphatic heterocycles. The first-order chi connectivity index (χ1) is 15.6. The highest BCUT2D eigenvalue weighted by molar-refractivity contribution is 5.94. The van der Waals surface area contributed by atoms with Crippen LogP contribution in [0, 0.1) is 17.3 Å². The molecule has 0 spiro atoms. The largest absolute Gasteiger partial charge is 0.497 e. The zero-order valence-corrected chi connectivity index (χ0v) is 20.4. The minimum Gasteiger partial charge on any atom is -0.497 e. The second kappa shape index (κ2) is 10.7. The van der Waals surface area contributed by atoms with E-state index in [4.69, 9.17) is 9.47 Å². The molecule has 2 fully saturated rings. The van der Waals surface area contributed by atoms with Crippen LogP contribution in [-0.2, 0) is 14.3 Å². The van der Waals surface area contributed by atoms with Crippen molar-refractivity contribution < 1.29 is 24.2 Å². The van der Waals surface area contributed by atoms with Crippen LogP contribution in [-0.4, -0.2) is 79.8 Å². The third-order valence-corrected chi connectivity index (χ3v) is 7.38. The van der Waals surface area contributed by atoms with Crippen molar-refractivity contribution in [3.05, 3.63) is 42.0 Å². The van der Waals surface area contributed by atoms with Crippen molar-refractivity contribution in [1.29, 1.82) is 0 Å². The Hall–Kier alpha value is -2.38. The third kappa shape index (κ3) is 6.15. The fourth-order valence-corrected chi connectivity index (χ4v) is 4.89. The van der Waals surface area contributed by atoms with Crippen molar-refractivity contribution in [2.24, 2.45) is 17.3 Å². The number of benzene rings is 1. The number of carboxylic acid groups (broad SMARTS) is 1. The molecule has 1 amide bonds. The number of methoxy groups -OCH3 is 1. The highest BCUT2D eigenvalue weighted by Gasteiger charge is 2.38. The minimum absolute atomic E-state index is 0.0424. The summed E-state index contributed by atoms with van der Waals surface area (Å²) in [6.45, 7) is 15.4. The van der Waals surface area contributed by atoms with Gasteiger partial charge < -0.3 is 19.5 Å². The maximum Gasteiger partial charge on any atom is 0.308 e. The summed E-state index contributed by atoms with van der Waals surface area (Å²) in [5.41, 5.74) is 1.42. The summed E-state index contributed by atoms with van der Waals surface area (Å²) in [7, 11) is 1.61. The van der Waals surface area contributed by atoms with Crippen LogP contribution in [0.5, 0.6) is 5.75 Å². The fourth-order valence-electron chi connectivity index (χ4n) is 4.89. The zero-order chi connectivity index (χ0) is 24.2. The normalized spacial score (nSPS) is 23.1. The molecule has 3 rings (SSSR count). The molecule has 2 heterocycles. The van der Waals surface area contributed by atoms with Gasteiger partial charge in [-0.05, 0) is 35.4 Å². The van der Waals surface area contributed by atoms with Crippen LogP contribution in [0.1, 0.15) is 38.7 Å². The van der Waals surface area contributed by atoms with Crippen LogP contribution >= 0.6 is 0 Å². The molecule has 0 bridgehead atoms. The first kappa shape index (κ1) is 25.2. The van der Waals surface area contributed by atoms with E-state index >= 15 is 0 Å². The van der Waals surface area contributed by atoms with E-state index < -0.39 is 11.9 Å². The number of nitrogens with zero attached hydrogens (tertiary/aromatic N) is 2. The lowest BCUT2D eigenvalue weighted by molar-refractivity contribution is -0.145. The van der Waals surface area contributed by atoms with Crippen molar-refractivity contribution in [2.75, 3.05) is 53.0 Å². The van der Waals surface area contributed by atoms with E-state index in [0.717, 1.165) is 44.2 Å². The number of carbonyl (C=O) groups is 2. The molecule has 7 heteroatoms. The van der Waals surface area contributed by atoms with Crippen LogP contribution in [0.15, 0.2) is 36.4 Å². The predicted molar refractivity (Wildman–Crippen MR) is 127 cm³/mol. The summed E-state index contributed by atoms with van der Waals surface area (Å²) in [4.78, 5) is 29.5. The standard InChI is InChI=1S/C26H38N2O5/c1-18(19(2)26(3,4)17-27-10-12-33-13-11-27)24(29)28-15-21(14-22(16-28)25(30)31)20-6-8-23(32-5)9-7-20/h6-9,19,21-22H,1,10-17H2,2-5H3,(H,30,31). The van der Waals surface area contributed by atoms with Crippen molar-refractivity contribution in [1.82, 2.24) is 9.80 Å². The molecule has 1 aromatic carbocycles. The van der Waals surface area contributed by atoms with E-state index in [9.17, 15) is 14.7 Å². The Morgan fingerprint density at radius 2 is 1.85 bits per heavy atom. The van der Waals surface area contributed by atoms with Gasteiger partial charge in [-0.25, -0.2) is 0 Å². The summed E-state index contributed by atoms with van der Waals surface area (Å²) >= 11 is 0. The van der Waals surface area contributed by atoms with E-state index in [1.165, 1.54) is 0 Å². The van der Waals surface area contributed by atoms with Gasteiger partial charge in [0.1, 0.15) is 5.75 Å². The first-order valence-electron chi connectivity index (χ1n) is 11.8.